The number of benzene rings is 1. The molecule has 0 aromatic heterocycles. The molecule has 0 aliphatic heterocycles. The predicted octanol–water partition coefficient (Wildman–Crippen LogP) is 1.32. The molecule has 0 spiro atoms. The second-order valence-electron chi connectivity index (χ2n) is 2.65. The highest BCUT2D eigenvalue weighted by Gasteiger charge is 1.97. The fraction of sp³-hybridized carbons (Fsp3) is 0. The predicted molar refractivity (Wildman–Crippen MR) is 56.5 cm³/mol. The van der Waals surface area contributed by atoms with Crippen LogP contribution in [-0.2, 0) is 0 Å². The Labute approximate surface area is 87.6 Å². The molecule has 0 saturated carbocycles. The molecule has 4 nitrogen and oxygen atoms in total. The minimum Gasteiger partial charge on any atom is -0.388 e. The average Bonchev–Trinajstić information content (AvgIpc) is 2.31. The Morgan fingerprint density at radius 2 is 1.87 bits per heavy atom. The summed E-state index contributed by atoms with van der Waals surface area (Å²) >= 11 is 0. The van der Waals surface area contributed by atoms with Crippen molar-refractivity contribution < 1.29 is 0 Å². The molecule has 0 aliphatic carbocycles. The molecule has 0 saturated heterocycles. The van der Waals surface area contributed by atoms with Crippen LogP contribution >= 0.6 is 0 Å². The molecule has 0 bridgehead atoms. The molecule has 1 aromatic rings. The van der Waals surface area contributed by atoms with Gasteiger partial charge in [0.2, 0.25) is 0 Å². The number of nitrogens with two attached hydrogens (primary N) is 1. The molecule has 1 rings (SSSR count). The van der Waals surface area contributed by atoms with Crippen LogP contribution < -0.4 is 5.73 Å². The van der Waals surface area contributed by atoms with Crippen molar-refractivity contribution in [3.63, 3.8) is 0 Å². The Morgan fingerprint density at radius 1 is 1.20 bits per heavy atom. The monoisotopic (exact) mass is 196 g/mol. The smallest absolute Gasteiger partial charge is 0.174 e. The van der Waals surface area contributed by atoms with E-state index >= 15 is 0 Å². The van der Waals surface area contributed by atoms with Crippen molar-refractivity contribution in [2.75, 3.05) is 0 Å². The summed E-state index contributed by atoms with van der Waals surface area (Å²) in [6.07, 6.45) is 1.49. The zero-order chi connectivity index (χ0) is 11.1. The van der Waals surface area contributed by atoms with Crippen molar-refractivity contribution in [1.29, 1.82) is 10.5 Å². The molecule has 72 valence electrons. The first-order valence-corrected chi connectivity index (χ1v) is 4.17. The van der Waals surface area contributed by atoms with E-state index in [2.05, 4.69) is 4.99 Å². The normalized spacial score (nSPS) is 11.6. The lowest BCUT2D eigenvalue weighted by atomic mass is 10.2. The van der Waals surface area contributed by atoms with Gasteiger partial charge in [-0.15, -0.1) is 0 Å². The maximum Gasteiger partial charge on any atom is 0.174 e. The maximum absolute atomic E-state index is 8.65. The lowest BCUT2D eigenvalue weighted by Gasteiger charge is -1.91. The second-order valence-corrected chi connectivity index (χ2v) is 2.65. The van der Waals surface area contributed by atoms with Gasteiger partial charge in [0.1, 0.15) is 17.8 Å². The quantitative estimate of drug-likeness (QED) is 0.571. The lowest BCUT2D eigenvalue weighted by Crippen LogP contribution is -1.97. The van der Waals surface area contributed by atoms with E-state index in [1.54, 1.807) is 12.1 Å². The third-order valence-corrected chi connectivity index (χ3v) is 1.62. The molecule has 2 N–H and O–H groups in total. The van der Waals surface area contributed by atoms with Crippen molar-refractivity contribution in [2.45, 2.75) is 0 Å². The van der Waals surface area contributed by atoms with Gasteiger partial charge in [-0.25, -0.2) is 4.99 Å². The van der Waals surface area contributed by atoms with Crippen LogP contribution in [0.1, 0.15) is 5.56 Å². The SMILES string of the molecule is N#C/C(N)=C(C#N)/N=C/c1ccccc1. The summed E-state index contributed by atoms with van der Waals surface area (Å²) in [6, 6.07) is 12.7. The summed E-state index contributed by atoms with van der Waals surface area (Å²) in [7, 11) is 0. The Kier molecular flexibility index (Phi) is 3.64. The van der Waals surface area contributed by atoms with E-state index in [0.717, 1.165) is 5.56 Å². The van der Waals surface area contributed by atoms with E-state index in [-0.39, 0.29) is 11.4 Å². The van der Waals surface area contributed by atoms with E-state index in [9.17, 15) is 0 Å². The first-order chi connectivity index (χ1) is 7.27. The van der Waals surface area contributed by atoms with Gasteiger partial charge in [0.15, 0.2) is 5.70 Å². The van der Waals surface area contributed by atoms with E-state index in [1.165, 1.54) is 6.21 Å². The summed E-state index contributed by atoms with van der Waals surface area (Å²) < 4.78 is 0. The highest BCUT2D eigenvalue weighted by Crippen LogP contribution is 2.00. The number of hydrogen-bond donors (Lipinski definition) is 1. The maximum atomic E-state index is 8.65. The van der Waals surface area contributed by atoms with Gasteiger partial charge >= 0.3 is 0 Å². The molecular formula is C11H8N4. The van der Waals surface area contributed by atoms with Crippen LogP contribution in [0.15, 0.2) is 46.7 Å². The van der Waals surface area contributed by atoms with Crippen LogP contribution in [0.5, 0.6) is 0 Å². The summed E-state index contributed by atoms with van der Waals surface area (Å²) in [5, 5.41) is 17.1. The van der Waals surface area contributed by atoms with Gasteiger partial charge in [-0.2, -0.15) is 10.5 Å². The summed E-state index contributed by atoms with van der Waals surface area (Å²) in [6.45, 7) is 0. The Hall–Kier alpha value is -2.59. The van der Waals surface area contributed by atoms with Gasteiger partial charge < -0.3 is 5.73 Å². The van der Waals surface area contributed by atoms with Gasteiger partial charge in [0, 0.05) is 6.21 Å². The fourth-order valence-corrected chi connectivity index (χ4v) is 0.890. The van der Waals surface area contributed by atoms with Crippen molar-refractivity contribution in [3.05, 3.63) is 47.3 Å². The van der Waals surface area contributed by atoms with E-state index in [1.807, 2.05) is 30.3 Å². The van der Waals surface area contributed by atoms with Gasteiger partial charge in [-0.05, 0) is 5.56 Å². The Balaban J connectivity index is 2.93. The molecular weight excluding hydrogens is 188 g/mol. The van der Waals surface area contributed by atoms with Gasteiger partial charge in [0.25, 0.3) is 0 Å². The van der Waals surface area contributed by atoms with Crippen LogP contribution in [-0.4, -0.2) is 6.21 Å². The fourth-order valence-electron chi connectivity index (χ4n) is 0.890. The highest BCUT2D eigenvalue weighted by molar-refractivity contribution is 5.80. The Morgan fingerprint density at radius 3 is 2.40 bits per heavy atom. The van der Waals surface area contributed by atoms with Crippen LogP contribution in [0.2, 0.25) is 0 Å². The average molecular weight is 196 g/mol. The molecule has 4 heteroatoms. The molecule has 0 amide bonds. The molecule has 0 heterocycles. The van der Waals surface area contributed by atoms with Crippen molar-refractivity contribution in [2.24, 2.45) is 10.7 Å². The number of aliphatic imine (C=N–C) groups is 1. The van der Waals surface area contributed by atoms with Crippen LogP contribution in [0.25, 0.3) is 0 Å². The molecule has 15 heavy (non-hydrogen) atoms. The molecule has 0 fully saturated rings. The van der Waals surface area contributed by atoms with Crippen molar-refractivity contribution in [3.8, 4) is 12.1 Å². The van der Waals surface area contributed by atoms with Crippen LogP contribution in [0.4, 0.5) is 0 Å². The molecule has 0 atom stereocenters. The lowest BCUT2D eigenvalue weighted by molar-refractivity contribution is 1.27. The van der Waals surface area contributed by atoms with Gasteiger partial charge in [0.05, 0.1) is 0 Å². The number of allylic oxidation sites excluding steroid dienone is 2. The van der Waals surface area contributed by atoms with Gasteiger partial charge in [-0.1, -0.05) is 30.3 Å². The minimum atomic E-state index is -0.176. The minimum absolute atomic E-state index is 0.0682. The molecule has 0 aliphatic rings. The summed E-state index contributed by atoms with van der Waals surface area (Å²) in [5.74, 6) is 0. The first kappa shape index (κ1) is 10.5. The zero-order valence-electron chi connectivity index (χ0n) is 7.88. The second kappa shape index (κ2) is 5.21. The number of nitrogens with zero attached hydrogens (tertiary/aromatic N) is 3. The summed E-state index contributed by atoms with van der Waals surface area (Å²) in [5.41, 5.74) is 5.87. The number of hydrogen-bond acceptors (Lipinski definition) is 4. The molecule has 0 radical (unpaired) electrons. The highest BCUT2D eigenvalue weighted by atomic mass is 14.8. The van der Waals surface area contributed by atoms with Crippen molar-refractivity contribution in [1.82, 2.24) is 0 Å². The third-order valence-electron chi connectivity index (χ3n) is 1.62. The summed E-state index contributed by atoms with van der Waals surface area (Å²) in [4.78, 5) is 3.83. The van der Waals surface area contributed by atoms with Crippen LogP contribution in [0, 0.1) is 22.7 Å². The number of nitriles is 2. The number of rotatable bonds is 2. The standard InChI is InChI=1S/C11H8N4/c12-6-10(14)11(7-13)15-8-9-4-2-1-3-5-9/h1-5,8H,14H2/b11-10-,15-8+. The first-order valence-electron chi connectivity index (χ1n) is 4.17. The van der Waals surface area contributed by atoms with Crippen LogP contribution in [0.3, 0.4) is 0 Å². The van der Waals surface area contributed by atoms with E-state index < -0.39 is 0 Å². The van der Waals surface area contributed by atoms with E-state index in [4.69, 9.17) is 16.3 Å². The zero-order valence-corrected chi connectivity index (χ0v) is 7.88. The van der Waals surface area contributed by atoms with E-state index in [0.29, 0.717) is 0 Å². The molecule has 1 aromatic carbocycles. The largest absolute Gasteiger partial charge is 0.388 e. The van der Waals surface area contributed by atoms with Crippen molar-refractivity contribution >= 4 is 6.21 Å². The Bertz CT molecular complexity index is 472. The van der Waals surface area contributed by atoms with Gasteiger partial charge in [-0.3, -0.25) is 0 Å². The third kappa shape index (κ3) is 2.98. The molecule has 0 unspecified atom stereocenters. The topological polar surface area (TPSA) is 86.0 Å².